The molecule has 1 aromatic heterocycles. The topological polar surface area (TPSA) is 91.8 Å². The van der Waals surface area contributed by atoms with Gasteiger partial charge in [-0.3, -0.25) is 4.79 Å². The zero-order valence-corrected chi connectivity index (χ0v) is 12.9. The number of amides is 1. The van der Waals surface area contributed by atoms with Gasteiger partial charge in [-0.1, -0.05) is 0 Å². The van der Waals surface area contributed by atoms with Crippen molar-refractivity contribution in [1.29, 1.82) is 0 Å². The second-order valence-electron chi connectivity index (χ2n) is 5.14. The van der Waals surface area contributed by atoms with E-state index in [1.165, 1.54) is 10.5 Å². The molecule has 0 spiro atoms. The largest absolute Gasteiger partial charge is 0.379 e. The lowest BCUT2D eigenvalue weighted by Gasteiger charge is -2.28. The highest BCUT2D eigenvalue weighted by molar-refractivity contribution is 7.89. The molecule has 2 aliphatic rings. The van der Waals surface area contributed by atoms with Crippen LogP contribution in [-0.2, 0) is 19.6 Å². The highest BCUT2D eigenvalue weighted by Crippen LogP contribution is 2.19. The molecule has 2 fully saturated rings. The number of nitrogens with one attached hydrogen (secondary N) is 1. The number of aromatic nitrogens is 1. The van der Waals surface area contributed by atoms with Crippen LogP contribution in [0.3, 0.4) is 0 Å². The Morgan fingerprint density at radius 3 is 2.59 bits per heavy atom. The number of carbonyl (C=O) groups excluding carboxylic acids is 1. The minimum atomic E-state index is -3.53. The van der Waals surface area contributed by atoms with Gasteiger partial charge in [0.05, 0.1) is 19.8 Å². The average molecular weight is 326 g/mol. The minimum Gasteiger partial charge on any atom is -0.379 e. The molecule has 0 atom stereocenters. The summed E-state index contributed by atoms with van der Waals surface area (Å²) in [7, 11) is -3.53. The van der Waals surface area contributed by atoms with Gasteiger partial charge in [0.15, 0.2) is 0 Å². The maximum absolute atomic E-state index is 12.5. The summed E-state index contributed by atoms with van der Waals surface area (Å²) in [5.74, 6) is 0.550. The van der Waals surface area contributed by atoms with E-state index in [0.29, 0.717) is 45.2 Å². The molecule has 3 rings (SSSR count). The fourth-order valence-electron chi connectivity index (χ4n) is 2.48. The van der Waals surface area contributed by atoms with Crippen LogP contribution in [0.15, 0.2) is 23.2 Å². The number of pyridine rings is 1. The predicted octanol–water partition coefficient (Wildman–Crippen LogP) is -0.961. The van der Waals surface area contributed by atoms with Gasteiger partial charge in [0.2, 0.25) is 15.9 Å². The van der Waals surface area contributed by atoms with Crippen LogP contribution >= 0.6 is 0 Å². The van der Waals surface area contributed by atoms with Gasteiger partial charge in [-0.05, 0) is 12.1 Å². The number of nitrogens with zero attached hydrogens (tertiary/aromatic N) is 3. The number of hydrogen-bond donors (Lipinski definition) is 1. The van der Waals surface area contributed by atoms with E-state index in [-0.39, 0.29) is 17.3 Å². The Balaban J connectivity index is 1.77. The SMILES string of the molecule is O=C1CN(c2ccc(S(=O)(=O)N3CCOCC3)cn2)CCN1. The second-order valence-corrected chi connectivity index (χ2v) is 7.08. The molecule has 9 heteroatoms. The van der Waals surface area contributed by atoms with Gasteiger partial charge >= 0.3 is 0 Å². The Hall–Kier alpha value is -1.71. The van der Waals surface area contributed by atoms with Crippen molar-refractivity contribution in [3.8, 4) is 0 Å². The van der Waals surface area contributed by atoms with E-state index in [0.717, 1.165) is 0 Å². The molecule has 0 aromatic carbocycles. The summed E-state index contributed by atoms with van der Waals surface area (Å²) in [6.45, 7) is 3.00. The third-order valence-corrected chi connectivity index (χ3v) is 5.57. The smallest absolute Gasteiger partial charge is 0.244 e. The van der Waals surface area contributed by atoms with Gasteiger partial charge in [0.1, 0.15) is 10.7 Å². The van der Waals surface area contributed by atoms with Gasteiger partial charge in [-0.2, -0.15) is 4.31 Å². The summed E-state index contributed by atoms with van der Waals surface area (Å²) in [5, 5.41) is 2.74. The number of ether oxygens (including phenoxy) is 1. The summed E-state index contributed by atoms with van der Waals surface area (Å²) in [6, 6.07) is 3.19. The van der Waals surface area contributed by atoms with Gasteiger partial charge in [0.25, 0.3) is 0 Å². The number of hydrogen-bond acceptors (Lipinski definition) is 6. The maximum atomic E-state index is 12.5. The molecule has 0 saturated carbocycles. The zero-order chi connectivity index (χ0) is 15.6. The summed E-state index contributed by atoms with van der Waals surface area (Å²) < 4.78 is 31.5. The maximum Gasteiger partial charge on any atom is 0.244 e. The molecule has 22 heavy (non-hydrogen) atoms. The van der Waals surface area contributed by atoms with Crippen LogP contribution < -0.4 is 10.2 Å². The summed E-state index contributed by atoms with van der Waals surface area (Å²) in [4.78, 5) is 17.6. The quantitative estimate of drug-likeness (QED) is 0.769. The van der Waals surface area contributed by atoms with Crippen molar-refractivity contribution in [3.63, 3.8) is 0 Å². The van der Waals surface area contributed by atoms with E-state index in [4.69, 9.17) is 4.74 Å². The third-order valence-electron chi connectivity index (χ3n) is 3.69. The van der Waals surface area contributed by atoms with Crippen LogP contribution in [0.4, 0.5) is 5.82 Å². The first-order chi connectivity index (χ1) is 10.6. The standard InChI is InChI=1S/C13H18N4O4S/c18-13-10-16(4-3-14-13)12-2-1-11(9-15-12)22(19,20)17-5-7-21-8-6-17/h1-2,9H,3-8,10H2,(H,14,18). The van der Waals surface area contributed by atoms with E-state index < -0.39 is 10.0 Å². The van der Waals surface area contributed by atoms with Crippen LogP contribution in [0.25, 0.3) is 0 Å². The van der Waals surface area contributed by atoms with Gasteiger partial charge < -0.3 is 15.0 Å². The van der Waals surface area contributed by atoms with Crippen molar-refractivity contribution < 1.29 is 17.9 Å². The molecule has 0 radical (unpaired) electrons. The van der Waals surface area contributed by atoms with Crippen molar-refractivity contribution in [1.82, 2.24) is 14.6 Å². The third kappa shape index (κ3) is 3.06. The fraction of sp³-hybridized carbons (Fsp3) is 0.538. The predicted molar refractivity (Wildman–Crippen MR) is 79.0 cm³/mol. The first kappa shape index (κ1) is 15.2. The minimum absolute atomic E-state index is 0.0573. The molecule has 0 unspecified atom stereocenters. The van der Waals surface area contributed by atoms with Crippen molar-refractivity contribution in [2.75, 3.05) is 50.8 Å². The lowest BCUT2D eigenvalue weighted by molar-refractivity contribution is -0.120. The Morgan fingerprint density at radius 2 is 1.95 bits per heavy atom. The summed E-state index contributed by atoms with van der Waals surface area (Å²) >= 11 is 0. The van der Waals surface area contributed by atoms with Crippen LogP contribution in [0, 0.1) is 0 Å². The van der Waals surface area contributed by atoms with Crippen molar-refractivity contribution in [2.24, 2.45) is 0 Å². The molecule has 120 valence electrons. The van der Waals surface area contributed by atoms with Crippen LogP contribution in [0.2, 0.25) is 0 Å². The van der Waals surface area contributed by atoms with E-state index in [2.05, 4.69) is 10.3 Å². The van der Waals surface area contributed by atoms with Gasteiger partial charge in [0, 0.05) is 32.4 Å². The lowest BCUT2D eigenvalue weighted by Crippen LogP contribution is -2.48. The molecule has 1 amide bonds. The highest BCUT2D eigenvalue weighted by atomic mass is 32.2. The second kappa shape index (κ2) is 6.19. The first-order valence-electron chi connectivity index (χ1n) is 7.13. The molecular weight excluding hydrogens is 308 g/mol. The number of morpholine rings is 1. The van der Waals surface area contributed by atoms with Crippen LogP contribution in [0.5, 0.6) is 0 Å². The molecule has 1 N–H and O–H groups in total. The zero-order valence-electron chi connectivity index (χ0n) is 12.1. The lowest BCUT2D eigenvalue weighted by atomic mass is 10.3. The molecule has 0 aliphatic carbocycles. The van der Waals surface area contributed by atoms with E-state index in [1.54, 1.807) is 12.1 Å². The summed E-state index contributed by atoms with van der Waals surface area (Å²) in [5.41, 5.74) is 0. The van der Waals surface area contributed by atoms with Crippen molar-refractivity contribution >= 4 is 21.7 Å². The van der Waals surface area contributed by atoms with E-state index >= 15 is 0 Å². The Morgan fingerprint density at radius 1 is 1.18 bits per heavy atom. The van der Waals surface area contributed by atoms with Crippen molar-refractivity contribution in [2.45, 2.75) is 4.90 Å². The summed E-state index contributed by atoms with van der Waals surface area (Å²) in [6.07, 6.45) is 1.35. The molecular formula is C13H18N4O4S. The molecule has 2 saturated heterocycles. The Labute approximate surface area is 129 Å². The average Bonchev–Trinajstić information content (AvgIpc) is 2.56. The Kier molecular flexibility index (Phi) is 4.27. The number of anilines is 1. The number of piperazine rings is 1. The van der Waals surface area contributed by atoms with Gasteiger partial charge in [-0.15, -0.1) is 0 Å². The van der Waals surface area contributed by atoms with E-state index in [1.807, 2.05) is 4.90 Å². The first-order valence-corrected chi connectivity index (χ1v) is 8.57. The van der Waals surface area contributed by atoms with E-state index in [9.17, 15) is 13.2 Å². The fourth-order valence-corrected chi connectivity index (χ4v) is 3.84. The molecule has 2 aliphatic heterocycles. The van der Waals surface area contributed by atoms with Gasteiger partial charge in [-0.25, -0.2) is 13.4 Å². The van der Waals surface area contributed by atoms with Crippen molar-refractivity contribution in [3.05, 3.63) is 18.3 Å². The van der Waals surface area contributed by atoms with Crippen LogP contribution in [0.1, 0.15) is 0 Å². The molecule has 8 nitrogen and oxygen atoms in total. The monoisotopic (exact) mass is 326 g/mol. The van der Waals surface area contributed by atoms with Crippen LogP contribution in [-0.4, -0.2) is 69.6 Å². The Bertz CT molecular complexity index is 641. The number of sulfonamides is 1. The molecule has 0 bridgehead atoms. The normalized spacial score (nSPS) is 20.7. The number of carbonyl (C=O) groups is 1. The molecule has 1 aromatic rings. The molecule has 3 heterocycles. The highest BCUT2D eigenvalue weighted by Gasteiger charge is 2.27. The number of rotatable bonds is 3.